The molecule has 0 fully saturated rings. The van der Waals surface area contributed by atoms with Crippen LogP contribution in [0.4, 0.5) is 10.1 Å². The first-order chi connectivity index (χ1) is 8.75. The van der Waals surface area contributed by atoms with Crippen molar-refractivity contribution in [2.75, 3.05) is 25.6 Å². The number of carboxylic acids is 1. The Bertz CT molecular complexity index is 460. The molecular weight excluding hydrogens is 249 g/mol. The molecule has 0 aliphatic heterocycles. The van der Waals surface area contributed by atoms with Crippen molar-refractivity contribution < 1.29 is 19.0 Å². The van der Waals surface area contributed by atoms with E-state index in [4.69, 9.17) is 9.84 Å². The molecule has 0 aliphatic carbocycles. The van der Waals surface area contributed by atoms with Gasteiger partial charge in [0, 0.05) is 25.3 Å². The van der Waals surface area contributed by atoms with Gasteiger partial charge in [-0.1, -0.05) is 13.8 Å². The highest BCUT2D eigenvalue weighted by Gasteiger charge is 2.24. The number of benzene rings is 1. The number of halogens is 1. The molecule has 0 amide bonds. The van der Waals surface area contributed by atoms with Gasteiger partial charge in [0.15, 0.2) is 11.6 Å². The summed E-state index contributed by atoms with van der Waals surface area (Å²) < 4.78 is 18.5. The topological polar surface area (TPSA) is 49.8 Å². The lowest BCUT2D eigenvalue weighted by atomic mass is 9.88. The van der Waals surface area contributed by atoms with Crippen LogP contribution >= 0.6 is 0 Å². The highest BCUT2D eigenvalue weighted by molar-refractivity contribution is 5.67. The minimum atomic E-state index is -0.834. The van der Waals surface area contributed by atoms with Crippen molar-refractivity contribution in [1.82, 2.24) is 0 Å². The third kappa shape index (κ3) is 4.43. The fourth-order valence-electron chi connectivity index (χ4n) is 2.09. The number of carbonyl (C=O) groups is 1. The van der Waals surface area contributed by atoms with E-state index in [1.165, 1.54) is 13.2 Å². The highest BCUT2D eigenvalue weighted by Crippen LogP contribution is 2.27. The zero-order valence-corrected chi connectivity index (χ0v) is 11.7. The van der Waals surface area contributed by atoms with E-state index in [2.05, 4.69) is 0 Å². The maximum atomic E-state index is 13.6. The summed E-state index contributed by atoms with van der Waals surface area (Å²) in [6.45, 7) is 4.26. The highest BCUT2D eigenvalue weighted by atomic mass is 19.1. The van der Waals surface area contributed by atoms with Gasteiger partial charge < -0.3 is 14.7 Å². The Balaban J connectivity index is 2.80. The lowest BCUT2D eigenvalue weighted by molar-refractivity contribution is -0.139. The summed E-state index contributed by atoms with van der Waals surface area (Å²) in [6.07, 6.45) is 0.0655. The second-order valence-corrected chi connectivity index (χ2v) is 5.41. The average Bonchev–Trinajstić information content (AvgIpc) is 2.26. The second-order valence-electron chi connectivity index (χ2n) is 5.41. The van der Waals surface area contributed by atoms with Crippen LogP contribution in [0, 0.1) is 11.2 Å². The summed E-state index contributed by atoms with van der Waals surface area (Å²) in [5, 5.41) is 8.85. The smallest absolute Gasteiger partial charge is 0.303 e. The molecule has 1 rings (SSSR count). The van der Waals surface area contributed by atoms with Gasteiger partial charge in [-0.05, 0) is 17.5 Å². The van der Waals surface area contributed by atoms with Crippen molar-refractivity contribution in [3.05, 3.63) is 24.0 Å². The Hall–Kier alpha value is -1.78. The summed E-state index contributed by atoms with van der Waals surface area (Å²) in [5.41, 5.74) is 0.300. The van der Waals surface area contributed by atoms with Gasteiger partial charge in [0.05, 0.1) is 13.5 Å². The molecule has 106 valence electrons. The molecule has 0 spiro atoms. The quantitative estimate of drug-likeness (QED) is 0.862. The van der Waals surface area contributed by atoms with Gasteiger partial charge in [-0.2, -0.15) is 0 Å². The maximum absolute atomic E-state index is 13.6. The van der Waals surface area contributed by atoms with Crippen molar-refractivity contribution in [3.8, 4) is 5.75 Å². The number of hydrogen-bond donors (Lipinski definition) is 1. The molecule has 1 N–H and O–H groups in total. The van der Waals surface area contributed by atoms with Crippen LogP contribution in [0.3, 0.4) is 0 Å². The predicted octanol–water partition coefficient (Wildman–Crippen LogP) is 2.77. The molecule has 19 heavy (non-hydrogen) atoms. The van der Waals surface area contributed by atoms with Crippen LogP contribution in [0.15, 0.2) is 18.2 Å². The first-order valence-corrected chi connectivity index (χ1v) is 6.01. The van der Waals surface area contributed by atoms with Crippen LogP contribution in [0.5, 0.6) is 5.75 Å². The van der Waals surface area contributed by atoms with E-state index in [-0.39, 0.29) is 12.2 Å². The molecule has 4 nitrogen and oxygen atoms in total. The number of nitrogens with zero attached hydrogens (tertiary/aromatic N) is 1. The lowest BCUT2D eigenvalue weighted by Crippen LogP contribution is -2.33. The van der Waals surface area contributed by atoms with Gasteiger partial charge in [0.25, 0.3) is 0 Å². The van der Waals surface area contributed by atoms with Crippen molar-refractivity contribution in [2.45, 2.75) is 20.3 Å². The summed E-state index contributed by atoms with van der Waals surface area (Å²) in [7, 11) is 3.22. The molecule has 1 aromatic carbocycles. The Labute approximate surface area is 112 Å². The average molecular weight is 269 g/mol. The van der Waals surface area contributed by atoms with E-state index in [0.29, 0.717) is 12.2 Å². The molecule has 0 saturated heterocycles. The molecule has 0 aliphatic rings. The van der Waals surface area contributed by atoms with Crippen molar-refractivity contribution in [1.29, 1.82) is 0 Å². The van der Waals surface area contributed by atoms with E-state index in [1.54, 1.807) is 12.1 Å². The Morgan fingerprint density at radius 2 is 2.11 bits per heavy atom. The van der Waals surface area contributed by atoms with E-state index in [1.807, 2.05) is 25.8 Å². The van der Waals surface area contributed by atoms with Crippen molar-refractivity contribution >= 4 is 11.7 Å². The second kappa shape index (κ2) is 5.91. The third-order valence-electron chi connectivity index (χ3n) is 2.87. The largest absolute Gasteiger partial charge is 0.494 e. The van der Waals surface area contributed by atoms with Crippen LogP contribution in [-0.4, -0.2) is 31.8 Å². The van der Waals surface area contributed by atoms with Gasteiger partial charge in [-0.25, -0.2) is 4.39 Å². The fraction of sp³-hybridized carbons (Fsp3) is 0.500. The molecule has 0 saturated carbocycles. The van der Waals surface area contributed by atoms with Crippen LogP contribution in [0.25, 0.3) is 0 Å². The maximum Gasteiger partial charge on any atom is 0.303 e. The predicted molar refractivity (Wildman–Crippen MR) is 72.3 cm³/mol. The Morgan fingerprint density at radius 1 is 1.47 bits per heavy atom. The van der Waals surface area contributed by atoms with Gasteiger partial charge >= 0.3 is 5.97 Å². The molecule has 0 unspecified atom stereocenters. The minimum Gasteiger partial charge on any atom is -0.494 e. The first-order valence-electron chi connectivity index (χ1n) is 6.01. The van der Waals surface area contributed by atoms with E-state index in [9.17, 15) is 9.18 Å². The monoisotopic (exact) mass is 269 g/mol. The first kappa shape index (κ1) is 15.3. The van der Waals surface area contributed by atoms with Crippen LogP contribution in [0.2, 0.25) is 0 Å². The fourth-order valence-corrected chi connectivity index (χ4v) is 2.09. The zero-order valence-electron chi connectivity index (χ0n) is 11.7. The van der Waals surface area contributed by atoms with Crippen molar-refractivity contribution in [3.63, 3.8) is 0 Å². The summed E-state index contributed by atoms with van der Waals surface area (Å²) in [6, 6.07) is 4.69. The van der Waals surface area contributed by atoms with Crippen LogP contribution in [0.1, 0.15) is 20.3 Å². The summed E-state index contributed by atoms with van der Waals surface area (Å²) in [5.74, 6) is -1.07. The normalized spacial score (nSPS) is 11.2. The SMILES string of the molecule is COc1ccc(N(C)CC(C)(C)CC(=O)O)cc1F. The number of anilines is 1. The van der Waals surface area contributed by atoms with Gasteiger partial charge in [0.1, 0.15) is 0 Å². The Kier molecular flexibility index (Phi) is 4.75. The number of hydrogen-bond acceptors (Lipinski definition) is 3. The zero-order chi connectivity index (χ0) is 14.6. The summed E-state index contributed by atoms with van der Waals surface area (Å²) in [4.78, 5) is 12.6. The Morgan fingerprint density at radius 3 is 2.58 bits per heavy atom. The molecule has 0 aromatic heterocycles. The van der Waals surface area contributed by atoms with Gasteiger partial charge in [-0.15, -0.1) is 0 Å². The van der Waals surface area contributed by atoms with Crippen molar-refractivity contribution in [2.24, 2.45) is 5.41 Å². The number of carboxylic acid groups (broad SMARTS) is 1. The number of rotatable bonds is 6. The van der Waals surface area contributed by atoms with E-state index in [0.717, 1.165) is 0 Å². The minimum absolute atomic E-state index is 0.0655. The van der Waals surface area contributed by atoms with Crippen LogP contribution in [-0.2, 0) is 4.79 Å². The molecule has 0 heterocycles. The molecule has 0 bridgehead atoms. The molecule has 0 atom stereocenters. The standard InChI is InChI=1S/C14H20FNO3/c1-14(2,8-13(17)18)9-16(3)10-5-6-12(19-4)11(15)7-10/h5-7H,8-9H2,1-4H3,(H,17,18). The molecule has 5 heteroatoms. The van der Waals surface area contributed by atoms with E-state index < -0.39 is 17.2 Å². The number of aliphatic carboxylic acids is 1. The lowest BCUT2D eigenvalue weighted by Gasteiger charge is -2.30. The summed E-state index contributed by atoms with van der Waals surface area (Å²) >= 11 is 0. The number of ether oxygens (including phenoxy) is 1. The molecular formula is C14H20FNO3. The van der Waals surface area contributed by atoms with Gasteiger partial charge in [0.2, 0.25) is 0 Å². The molecule has 1 aromatic rings. The number of methoxy groups -OCH3 is 1. The van der Waals surface area contributed by atoms with Gasteiger partial charge in [-0.3, -0.25) is 4.79 Å². The van der Waals surface area contributed by atoms with E-state index >= 15 is 0 Å². The van der Waals surface area contributed by atoms with Crippen LogP contribution < -0.4 is 9.64 Å². The molecule has 0 radical (unpaired) electrons. The third-order valence-corrected chi connectivity index (χ3v) is 2.87.